The van der Waals surface area contributed by atoms with Crippen molar-refractivity contribution in [1.82, 2.24) is 9.38 Å². The number of anilines is 1. The van der Waals surface area contributed by atoms with Crippen molar-refractivity contribution in [2.24, 2.45) is 0 Å². The fourth-order valence-electron chi connectivity index (χ4n) is 2.78. The van der Waals surface area contributed by atoms with E-state index in [1.165, 1.54) is 25.3 Å². The Morgan fingerprint density at radius 2 is 2.04 bits per heavy atom. The molecule has 0 saturated carbocycles. The topological polar surface area (TPSA) is 98.8 Å². The first-order chi connectivity index (χ1) is 13.5. The van der Waals surface area contributed by atoms with Crippen LogP contribution in [0.15, 0.2) is 60.2 Å². The Morgan fingerprint density at radius 1 is 1.25 bits per heavy atom. The monoisotopic (exact) mass is 394 g/mol. The minimum Gasteiger partial charge on any atom is -0.496 e. The van der Waals surface area contributed by atoms with E-state index in [1.54, 1.807) is 23.5 Å². The van der Waals surface area contributed by atoms with Crippen LogP contribution in [0.4, 0.5) is 11.4 Å². The third-order valence-electron chi connectivity index (χ3n) is 4.17. The third-order valence-corrected chi connectivity index (χ3v) is 4.94. The van der Waals surface area contributed by atoms with Gasteiger partial charge in [-0.3, -0.25) is 19.3 Å². The highest BCUT2D eigenvalue weighted by atomic mass is 32.1. The van der Waals surface area contributed by atoms with Gasteiger partial charge in [-0.05, 0) is 18.2 Å². The summed E-state index contributed by atoms with van der Waals surface area (Å²) in [7, 11) is 1.41. The molecule has 0 fully saturated rings. The van der Waals surface area contributed by atoms with Crippen LogP contribution >= 0.6 is 11.3 Å². The lowest BCUT2D eigenvalue weighted by atomic mass is 10.1. The average molecular weight is 394 g/mol. The molecular weight excluding hydrogens is 380 g/mol. The number of thiazole rings is 1. The summed E-state index contributed by atoms with van der Waals surface area (Å²) in [5.41, 5.74) is 2.23. The van der Waals surface area contributed by atoms with Gasteiger partial charge < -0.3 is 10.1 Å². The zero-order chi connectivity index (χ0) is 19.7. The predicted molar refractivity (Wildman–Crippen MR) is 106 cm³/mol. The fourth-order valence-corrected chi connectivity index (χ4v) is 3.48. The lowest BCUT2D eigenvalue weighted by Gasteiger charge is -2.09. The number of nitrogens with zero attached hydrogens (tertiary/aromatic N) is 3. The van der Waals surface area contributed by atoms with Crippen LogP contribution < -0.4 is 10.1 Å². The Labute approximate surface area is 163 Å². The first kappa shape index (κ1) is 17.7. The lowest BCUT2D eigenvalue weighted by Crippen LogP contribution is -2.13. The van der Waals surface area contributed by atoms with E-state index < -0.39 is 10.8 Å². The van der Waals surface area contributed by atoms with Gasteiger partial charge in [0.15, 0.2) is 4.96 Å². The number of nitro groups is 1. The molecule has 0 aliphatic heterocycles. The zero-order valence-corrected chi connectivity index (χ0v) is 15.5. The van der Waals surface area contributed by atoms with Crippen LogP contribution in [0.1, 0.15) is 10.4 Å². The van der Waals surface area contributed by atoms with Crippen molar-refractivity contribution >= 4 is 33.6 Å². The molecule has 0 spiro atoms. The molecule has 0 radical (unpaired) electrons. The van der Waals surface area contributed by atoms with Crippen LogP contribution in [-0.2, 0) is 0 Å². The molecule has 2 aromatic carbocycles. The Hall–Kier alpha value is -3.72. The molecule has 0 unspecified atom stereocenters. The molecule has 0 atom stereocenters. The van der Waals surface area contributed by atoms with Gasteiger partial charge in [-0.2, -0.15) is 0 Å². The van der Waals surface area contributed by atoms with Crippen LogP contribution in [0.5, 0.6) is 5.75 Å². The van der Waals surface area contributed by atoms with Crippen molar-refractivity contribution < 1.29 is 14.5 Å². The lowest BCUT2D eigenvalue weighted by molar-refractivity contribution is -0.384. The van der Waals surface area contributed by atoms with E-state index >= 15 is 0 Å². The third kappa shape index (κ3) is 3.30. The molecule has 28 heavy (non-hydrogen) atoms. The average Bonchev–Trinajstić information content (AvgIpc) is 3.30. The van der Waals surface area contributed by atoms with E-state index in [9.17, 15) is 14.9 Å². The first-order valence-electron chi connectivity index (χ1n) is 8.21. The van der Waals surface area contributed by atoms with Gasteiger partial charge in [-0.25, -0.2) is 4.98 Å². The second-order valence-corrected chi connectivity index (χ2v) is 6.77. The maximum atomic E-state index is 12.6. The van der Waals surface area contributed by atoms with Crippen molar-refractivity contribution in [3.05, 3.63) is 75.9 Å². The van der Waals surface area contributed by atoms with E-state index in [0.717, 1.165) is 16.2 Å². The SMILES string of the molecule is COc1ccc([N+](=O)[O-])cc1C(=O)Nc1ccc(-c2cn3ccsc3n2)cc1. The number of ether oxygens (including phenoxy) is 1. The fraction of sp³-hybridized carbons (Fsp3) is 0.0526. The molecule has 4 aromatic rings. The number of fused-ring (bicyclic) bond motifs is 1. The Morgan fingerprint density at radius 3 is 2.71 bits per heavy atom. The normalized spacial score (nSPS) is 10.8. The second kappa shape index (κ2) is 7.12. The molecular formula is C19H14N4O4S. The quantitative estimate of drug-likeness (QED) is 0.403. The van der Waals surface area contributed by atoms with Gasteiger partial charge in [0.25, 0.3) is 11.6 Å². The molecule has 140 valence electrons. The standard InChI is InChI=1S/C19H14N4O4S/c1-27-17-7-6-14(23(25)26)10-15(17)18(24)20-13-4-2-12(3-5-13)16-11-22-8-9-28-19(22)21-16/h2-11H,1H3,(H,20,24). The molecule has 9 heteroatoms. The van der Waals surface area contributed by atoms with Crippen LogP contribution in [0.2, 0.25) is 0 Å². The number of carbonyl (C=O) groups excluding carboxylic acids is 1. The highest BCUT2D eigenvalue weighted by Crippen LogP contribution is 2.26. The molecule has 2 aromatic heterocycles. The molecule has 1 N–H and O–H groups in total. The number of nitrogens with one attached hydrogen (secondary N) is 1. The summed E-state index contributed by atoms with van der Waals surface area (Å²) in [6.45, 7) is 0. The first-order valence-corrected chi connectivity index (χ1v) is 9.09. The number of non-ortho nitro benzene ring substituents is 1. The van der Waals surface area contributed by atoms with E-state index in [1.807, 2.05) is 34.3 Å². The molecule has 4 rings (SSSR count). The number of hydrogen-bond acceptors (Lipinski definition) is 6. The predicted octanol–water partition coefficient (Wildman–Crippen LogP) is 4.23. The summed E-state index contributed by atoms with van der Waals surface area (Å²) in [6, 6.07) is 11.1. The van der Waals surface area contributed by atoms with Gasteiger partial charge in [0.05, 0.1) is 23.3 Å². The second-order valence-electron chi connectivity index (χ2n) is 5.89. The molecule has 8 nitrogen and oxygen atoms in total. The minimum absolute atomic E-state index is 0.0927. The van der Waals surface area contributed by atoms with Gasteiger partial charge in [0.1, 0.15) is 5.75 Å². The largest absolute Gasteiger partial charge is 0.496 e. The van der Waals surface area contributed by atoms with Crippen LogP contribution in [-0.4, -0.2) is 27.3 Å². The molecule has 2 heterocycles. The van der Waals surface area contributed by atoms with Gasteiger partial charge in [0, 0.05) is 41.2 Å². The van der Waals surface area contributed by atoms with Gasteiger partial charge >= 0.3 is 0 Å². The summed E-state index contributed by atoms with van der Waals surface area (Å²) in [5.74, 6) is -0.228. The molecule has 0 bridgehead atoms. The molecule has 0 saturated heterocycles. The highest BCUT2D eigenvalue weighted by molar-refractivity contribution is 7.15. The summed E-state index contributed by atoms with van der Waals surface area (Å²) >= 11 is 1.55. The Balaban J connectivity index is 1.56. The van der Waals surface area contributed by atoms with Gasteiger partial charge in [0.2, 0.25) is 0 Å². The number of imidazole rings is 1. The maximum Gasteiger partial charge on any atom is 0.270 e. The molecule has 0 aliphatic carbocycles. The van der Waals surface area contributed by atoms with Crippen LogP contribution in [0.3, 0.4) is 0 Å². The van der Waals surface area contributed by atoms with E-state index in [2.05, 4.69) is 10.3 Å². The summed E-state index contributed by atoms with van der Waals surface area (Å²) in [4.78, 5) is 28.5. The van der Waals surface area contributed by atoms with Gasteiger partial charge in [-0.15, -0.1) is 11.3 Å². The maximum absolute atomic E-state index is 12.6. The molecule has 0 aliphatic rings. The van der Waals surface area contributed by atoms with Gasteiger partial charge in [-0.1, -0.05) is 12.1 Å². The van der Waals surface area contributed by atoms with Crippen molar-refractivity contribution in [1.29, 1.82) is 0 Å². The van der Waals surface area contributed by atoms with Crippen LogP contribution in [0, 0.1) is 10.1 Å². The van der Waals surface area contributed by atoms with E-state index in [4.69, 9.17) is 4.74 Å². The van der Waals surface area contributed by atoms with Crippen molar-refractivity contribution in [3.63, 3.8) is 0 Å². The summed E-state index contributed by atoms with van der Waals surface area (Å²) in [5, 5.41) is 15.7. The highest BCUT2D eigenvalue weighted by Gasteiger charge is 2.17. The number of hydrogen-bond donors (Lipinski definition) is 1. The number of rotatable bonds is 5. The number of nitro benzene ring substituents is 1. The number of methoxy groups -OCH3 is 1. The number of carbonyl (C=O) groups is 1. The van der Waals surface area contributed by atoms with Crippen molar-refractivity contribution in [3.8, 4) is 17.0 Å². The minimum atomic E-state index is -0.555. The number of benzene rings is 2. The summed E-state index contributed by atoms with van der Waals surface area (Å²) < 4.78 is 7.09. The zero-order valence-electron chi connectivity index (χ0n) is 14.7. The smallest absolute Gasteiger partial charge is 0.270 e. The number of amides is 1. The van der Waals surface area contributed by atoms with E-state index in [-0.39, 0.29) is 17.0 Å². The Kier molecular flexibility index (Phi) is 4.50. The molecule has 1 amide bonds. The summed E-state index contributed by atoms with van der Waals surface area (Å²) in [6.07, 6.45) is 3.88. The number of aromatic nitrogens is 2. The van der Waals surface area contributed by atoms with Crippen molar-refractivity contribution in [2.75, 3.05) is 12.4 Å². The Bertz CT molecular complexity index is 1150. The van der Waals surface area contributed by atoms with Crippen LogP contribution in [0.25, 0.3) is 16.2 Å². The van der Waals surface area contributed by atoms with Crippen molar-refractivity contribution in [2.45, 2.75) is 0 Å². The van der Waals surface area contributed by atoms with E-state index in [0.29, 0.717) is 5.69 Å².